The van der Waals surface area contributed by atoms with Gasteiger partial charge in [-0.15, -0.1) is 0 Å². The summed E-state index contributed by atoms with van der Waals surface area (Å²) < 4.78 is 2.29. The minimum Gasteiger partial charge on any atom is -1.00 e. The number of benzene rings is 1. The average molecular weight is 495 g/mol. The van der Waals surface area contributed by atoms with Crippen molar-refractivity contribution < 1.29 is 44.0 Å². The van der Waals surface area contributed by atoms with Gasteiger partial charge in [-0.1, -0.05) is 0 Å². The molecule has 1 unspecified atom stereocenters. The van der Waals surface area contributed by atoms with Crippen molar-refractivity contribution in [2.24, 2.45) is 5.41 Å². The number of hydrogen-bond acceptors (Lipinski definition) is 0. The minimum absolute atomic E-state index is 0. The van der Waals surface area contributed by atoms with E-state index < -0.39 is 8.07 Å². The van der Waals surface area contributed by atoms with Crippen molar-refractivity contribution >= 4 is 14.1 Å². The first kappa shape index (κ1) is 26.2. The average Bonchev–Trinajstić information content (AvgIpc) is 3.09. The van der Waals surface area contributed by atoms with Gasteiger partial charge in [-0.05, 0) is 0 Å². The Morgan fingerprint density at radius 2 is 1.67 bits per heavy atom. The minimum atomic E-state index is -1.32. The van der Waals surface area contributed by atoms with Crippen LogP contribution < -0.4 is 24.8 Å². The predicted molar refractivity (Wildman–Crippen MR) is 122 cm³/mol. The van der Waals surface area contributed by atoms with Crippen molar-refractivity contribution in [3.63, 3.8) is 0 Å². The molecule has 4 rings (SSSR count). The maximum Gasteiger partial charge on any atom is -1.00 e. The van der Waals surface area contributed by atoms with Crippen LogP contribution in [0.5, 0.6) is 0 Å². The standard InChI is InChI=1S/C16H21Si.C10H15.2ClH.Ti/c1-2-3-11-17(12-6-13-17)16-10-9-14-7-4-5-8-15(14)16;1-7-6-10(4,5)9(3)8(7)2;;;/h4-5,7-10H,2-3,6,11-13H2,1H3;1-5H3;2*1H;/q;;;;+2/p-2. The summed E-state index contributed by atoms with van der Waals surface area (Å²) in [5, 5.41) is 0. The summed E-state index contributed by atoms with van der Waals surface area (Å²) in [4.78, 5) is 0. The molecule has 0 nitrogen and oxygen atoms in total. The van der Waals surface area contributed by atoms with Crippen LogP contribution in [0.15, 0.2) is 50.9 Å². The Morgan fingerprint density at radius 3 is 2.20 bits per heavy atom. The molecular formula is C26H36Cl2SiTi. The van der Waals surface area contributed by atoms with E-state index in [1.165, 1.54) is 24.8 Å². The van der Waals surface area contributed by atoms with Gasteiger partial charge in [0.2, 0.25) is 0 Å². The Bertz CT molecular complexity index is 892. The van der Waals surface area contributed by atoms with E-state index in [9.17, 15) is 0 Å². The quantitative estimate of drug-likeness (QED) is 0.529. The smallest absolute Gasteiger partial charge is 1.00 e. The van der Waals surface area contributed by atoms with Crippen LogP contribution in [-0.4, -0.2) is 8.07 Å². The van der Waals surface area contributed by atoms with Gasteiger partial charge in [0.25, 0.3) is 0 Å². The normalized spacial score (nSPS) is 25.3. The predicted octanol–water partition coefficient (Wildman–Crippen LogP) is 1.84. The number of unbranched alkanes of at least 4 members (excludes halogenated alkanes) is 1. The first-order valence-electron chi connectivity index (χ1n) is 11.3. The van der Waals surface area contributed by atoms with Crippen molar-refractivity contribution in [1.29, 1.82) is 0 Å². The molecule has 2 aliphatic carbocycles. The Hall–Kier alpha value is -0.0488. The summed E-state index contributed by atoms with van der Waals surface area (Å²) in [7, 11) is -1.32. The van der Waals surface area contributed by atoms with E-state index in [1.807, 2.05) is 3.88 Å². The fourth-order valence-corrected chi connectivity index (χ4v) is 17.8. The second-order valence-electron chi connectivity index (χ2n) is 9.97. The molecule has 1 saturated heterocycles. The third kappa shape index (κ3) is 3.71. The van der Waals surface area contributed by atoms with Gasteiger partial charge >= 0.3 is 183 Å². The van der Waals surface area contributed by atoms with Crippen molar-refractivity contribution in [2.75, 3.05) is 0 Å². The molecule has 1 atom stereocenters. The monoisotopic (exact) mass is 494 g/mol. The molecule has 0 aromatic heterocycles. The Kier molecular flexibility index (Phi) is 8.25. The first-order valence-corrected chi connectivity index (χ1v) is 15.4. The maximum absolute atomic E-state index is 2.75. The molecule has 1 fully saturated rings. The zero-order valence-electron chi connectivity index (χ0n) is 19.5. The molecule has 0 radical (unpaired) electrons. The molecule has 1 aliphatic heterocycles. The van der Waals surface area contributed by atoms with Gasteiger partial charge in [-0.2, -0.15) is 0 Å². The molecule has 4 heteroatoms. The molecule has 0 bridgehead atoms. The summed E-state index contributed by atoms with van der Waals surface area (Å²) in [5.74, 6) is 0. The van der Waals surface area contributed by atoms with Crippen LogP contribution in [0.25, 0.3) is 6.08 Å². The third-order valence-electron chi connectivity index (χ3n) is 8.44. The first-order chi connectivity index (χ1) is 13.3. The van der Waals surface area contributed by atoms with Crippen LogP contribution in [0.2, 0.25) is 18.1 Å². The SMILES string of the molecule is CCCC[Si]1([C]2([Ti+2][C]3=C(C)C(C)=C(C)C3(C)C)C=Cc3ccccc32)CCC1.[Cl-].[Cl-]. The van der Waals surface area contributed by atoms with E-state index >= 15 is 0 Å². The summed E-state index contributed by atoms with van der Waals surface area (Å²) in [5.41, 5.74) is 8.34. The Labute approximate surface area is 206 Å². The van der Waals surface area contributed by atoms with Gasteiger partial charge in [0.1, 0.15) is 0 Å². The van der Waals surface area contributed by atoms with E-state index in [0.29, 0.717) is 3.34 Å². The molecule has 0 amide bonds. The molecule has 1 heterocycles. The summed E-state index contributed by atoms with van der Waals surface area (Å²) in [6.45, 7) is 14.6. The molecule has 3 aliphatic rings. The second-order valence-corrected chi connectivity index (χ2v) is 18.0. The molecule has 162 valence electrons. The Morgan fingerprint density at radius 1 is 1.00 bits per heavy atom. The van der Waals surface area contributed by atoms with Crippen LogP contribution in [0, 0.1) is 5.41 Å². The maximum atomic E-state index is 2.75. The number of halogens is 2. The molecule has 0 N–H and O–H groups in total. The fourth-order valence-electron chi connectivity index (χ4n) is 6.01. The van der Waals surface area contributed by atoms with Crippen LogP contribution in [0.3, 0.4) is 0 Å². The van der Waals surface area contributed by atoms with Gasteiger partial charge in [0.05, 0.1) is 0 Å². The van der Waals surface area contributed by atoms with Crippen molar-refractivity contribution in [1.82, 2.24) is 0 Å². The van der Waals surface area contributed by atoms with Crippen molar-refractivity contribution in [3.8, 4) is 0 Å². The van der Waals surface area contributed by atoms with E-state index in [2.05, 4.69) is 78.0 Å². The zero-order valence-corrected chi connectivity index (χ0v) is 23.5. The van der Waals surface area contributed by atoms with Crippen molar-refractivity contribution in [2.45, 2.75) is 82.3 Å². The molecule has 30 heavy (non-hydrogen) atoms. The summed E-state index contributed by atoms with van der Waals surface area (Å²) >= 11 is -0.276. The van der Waals surface area contributed by atoms with E-state index in [0.717, 1.165) is 0 Å². The van der Waals surface area contributed by atoms with Crippen LogP contribution in [0.4, 0.5) is 0 Å². The molecule has 1 aromatic rings. The van der Waals surface area contributed by atoms with Crippen LogP contribution in [-0.2, 0) is 22.5 Å². The van der Waals surface area contributed by atoms with Crippen LogP contribution in [0.1, 0.15) is 71.9 Å². The van der Waals surface area contributed by atoms with E-state index in [4.69, 9.17) is 0 Å². The van der Waals surface area contributed by atoms with Gasteiger partial charge in [0, 0.05) is 0 Å². The number of rotatable bonds is 6. The Balaban J connectivity index is 0.00000160. The summed E-state index contributed by atoms with van der Waals surface area (Å²) in [6.07, 6.45) is 9.52. The molecule has 0 saturated carbocycles. The number of allylic oxidation sites excluding steroid dienone is 5. The molecule has 0 spiro atoms. The number of hydrogen-bond donors (Lipinski definition) is 0. The largest absolute Gasteiger partial charge is 1.00 e. The fraction of sp³-hybridized carbons (Fsp3) is 0.538. The van der Waals surface area contributed by atoms with Gasteiger partial charge < -0.3 is 24.8 Å². The van der Waals surface area contributed by atoms with Gasteiger partial charge in [-0.25, -0.2) is 0 Å². The van der Waals surface area contributed by atoms with E-state index in [-0.39, 0.29) is 49.4 Å². The number of fused-ring (bicyclic) bond motifs is 1. The molecule has 1 aromatic carbocycles. The van der Waals surface area contributed by atoms with Gasteiger partial charge in [-0.3, -0.25) is 0 Å². The summed E-state index contributed by atoms with van der Waals surface area (Å²) in [6, 6.07) is 14.1. The topological polar surface area (TPSA) is 0 Å². The zero-order chi connectivity index (χ0) is 20.2. The second kappa shape index (κ2) is 9.44. The van der Waals surface area contributed by atoms with Crippen molar-refractivity contribution in [3.05, 3.63) is 62.1 Å². The van der Waals surface area contributed by atoms with Gasteiger partial charge in [0.15, 0.2) is 0 Å². The molecular weight excluding hydrogens is 459 g/mol. The third-order valence-corrected chi connectivity index (χ3v) is 20.7. The van der Waals surface area contributed by atoms with Crippen LogP contribution >= 0.6 is 0 Å². The van der Waals surface area contributed by atoms with E-state index in [1.54, 1.807) is 40.4 Å².